The number of hydrogen-bond donors (Lipinski definition) is 3. The van der Waals surface area contributed by atoms with Gasteiger partial charge in [0.2, 0.25) is 17.7 Å². The first-order chi connectivity index (χ1) is 19.3. The number of amides is 1. The Labute approximate surface area is 235 Å². The highest BCUT2D eigenvalue weighted by atomic mass is 16.5. The smallest absolute Gasteiger partial charge is 0.246 e. The van der Waals surface area contributed by atoms with Crippen molar-refractivity contribution in [2.45, 2.75) is 76.2 Å². The quantitative estimate of drug-likeness (QED) is 0.311. The standard InChI is InChI=1S/C31H40N4O5/c1-20(2)12-22-14-24-26(16-31(8-5-9-31)40-30(24)34-17-22)33-18-27(36)25(35-28(37)19-38-3)15-21-6-4-7-23(13-21)29-32-10-11-39-29/h4,6-7,10-11,13-14,17,20,25-27,33,36H,5,8-9,12,15-16,18-19H2,1-3H3,(H,35,37)/t25-,26-,27-/m0/s1. The van der Waals surface area contributed by atoms with Crippen LogP contribution in [0.1, 0.15) is 62.3 Å². The molecule has 0 radical (unpaired) electrons. The minimum atomic E-state index is -0.846. The normalized spacial score (nSPS) is 19.0. The van der Waals surface area contributed by atoms with E-state index in [9.17, 15) is 9.90 Å². The number of fused-ring (bicyclic) bond motifs is 1. The maximum absolute atomic E-state index is 12.5. The molecule has 2 aromatic heterocycles. The number of pyridine rings is 1. The lowest BCUT2D eigenvalue weighted by molar-refractivity contribution is -0.126. The van der Waals surface area contributed by atoms with Crippen LogP contribution in [0.5, 0.6) is 5.88 Å². The van der Waals surface area contributed by atoms with Crippen LogP contribution in [0.4, 0.5) is 0 Å². The van der Waals surface area contributed by atoms with Gasteiger partial charge in [-0.15, -0.1) is 0 Å². The second-order valence-electron chi connectivity index (χ2n) is 11.6. The van der Waals surface area contributed by atoms with Crippen LogP contribution in [-0.4, -0.2) is 59.0 Å². The fourth-order valence-electron chi connectivity index (χ4n) is 5.74. The molecule has 0 saturated heterocycles. The van der Waals surface area contributed by atoms with Gasteiger partial charge in [0.05, 0.1) is 18.3 Å². The average molecular weight is 549 g/mol. The van der Waals surface area contributed by atoms with Crippen molar-refractivity contribution in [2.24, 2.45) is 5.92 Å². The van der Waals surface area contributed by atoms with Crippen molar-refractivity contribution in [2.75, 3.05) is 20.3 Å². The number of benzene rings is 1. The summed E-state index contributed by atoms with van der Waals surface area (Å²) in [4.78, 5) is 21.4. The first kappa shape index (κ1) is 28.3. The molecule has 1 fully saturated rings. The monoisotopic (exact) mass is 548 g/mol. The second-order valence-corrected chi connectivity index (χ2v) is 11.6. The zero-order chi connectivity index (χ0) is 28.1. The van der Waals surface area contributed by atoms with E-state index in [2.05, 4.69) is 35.5 Å². The molecular weight excluding hydrogens is 508 g/mol. The molecule has 214 valence electrons. The molecule has 3 atom stereocenters. The van der Waals surface area contributed by atoms with Gasteiger partial charge in [-0.2, -0.15) is 0 Å². The Kier molecular flexibility index (Phi) is 8.83. The van der Waals surface area contributed by atoms with Gasteiger partial charge in [-0.3, -0.25) is 4.79 Å². The number of rotatable bonds is 12. The molecule has 0 unspecified atom stereocenters. The fourth-order valence-corrected chi connectivity index (χ4v) is 5.74. The van der Waals surface area contributed by atoms with Crippen LogP contribution < -0.4 is 15.4 Å². The number of nitrogens with one attached hydrogen (secondary N) is 2. The van der Waals surface area contributed by atoms with E-state index < -0.39 is 12.1 Å². The number of oxazole rings is 1. The zero-order valence-electron chi connectivity index (χ0n) is 23.6. The Hall–Kier alpha value is -3.27. The summed E-state index contributed by atoms with van der Waals surface area (Å²) in [5.74, 6) is 1.47. The third-order valence-electron chi connectivity index (χ3n) is 7.83. The summed E-state index contributed by atoms with van der Waals surface area (Å²) >= 11 is 0. The number of ether oxygens (including phenoxy) is 2. The van der Waals surface area contributed by atoms with Crippen LogP contribution in [0.3, 0.4) is 0 Å². The summed E-state index contributed by atoms with van der Waals surface area (Å²) in [5.41, 5.74) is 3.83. The van der Waals surface area contributed by atoms with E-state index >= 15 is 0 Å². The van der Waals surface area contributed by atoms with Gasteiger partial charge in [0.15, 0.2) is 0 Å². The number of hydrogen-bond acceptors (Lipinski definition) is 8. The van der Waals surface area contributed by atoms with E-state index in [0.29, 0.717) is 30.7 Å². The lowest BCUT2D eigenvalue weighted by atomic mass is 9.73. The summed E-state index contributed by atoms with van der Waals surface area (Å²) in [7, 11) is 1.48. The van der Waals surface area contributed by atoms with Crippen LogP contribution in [0.25, 0.3) is 11.5 Å². The summed E-state index contributed by atoms with van der Waals surface area (Å²) in [5, 5.41) is 18.0. The predicted molar refractivity (Wildman–Crippen MR) is 151 cm³/mol. The molecule has 1 aliphatic carbocycles. The molecule has 1 saturated carbocycles. The van der Waals surface area contributed by atoms with Crippen molar-refractivity contribution < 1.29 is 23.8 Å². The maximum Gasteiger partial charge on any atom is 0.246 e. The van der Waals surface area contributed by atoms with Gasteiger partial charge in [0, 0.05) is 43.4 Å². The Balaban J connectivity index is 1.32. The Morgan fingerprint density at radius 2 is 2.05 bits per heavy atom. The molecule has 40 heavy (non-hydrogen) atoms. The molecule has 3 N–H and O–H groups in total. The van der Waals surface area contributed by atoms with Gasteiger partial charge in [-0.1, -0.05) is 26.0 Å². The van der Waals surface area contributed by atoms with Crippen molar-refractivity contribution in [1.29, 1.82) is 0 Å². The van der Waals surface area contributed by atoms with Crippen LogP contribution in [0.15, 0.2) is 53.4 Å². The lowest BCUT2D eigenvalue weighted by Crippen LogP contribution is -2.52. The van der Waals surface area contributed by atoms with E-state index in [4.69, 9.17) is 18.9 Å². The van der Waals surface area contributed by atoms with Crippen molar-refractivity contribution >= 4 is 5.91 Å². The molecule has 1 amide bonds. The van der Waals surface area contributed by atoms with Gasteiger partial charge >= 0.3 is 0 Å². The number of aromatic nitrogens is 2. The topological polar surface area (TPSA) is 119 Å². The lowest BCUT2D eigenvalue weighted by Gasteiger charge is -2.47. The highest BCUT2D eigenvalue weighted by Gasteiger charge is 2.46. The first-order valence-corrected chi connectivity index (χ1v) is 14.2. The maximum atomic E-state index is 12.5. The summed E-state index contributed by atoms with van der Waals surface area (Å²) < 4.78 is 16.9. The molecule has 1 spiro atoms. The van der Waals surface area contributed by atoms with Crippen molar-refractivity contribution in [3.63, 3.8) is 0 Å². The Morgan fingerprint density at radius 1 is 1.20 bits per heavy atom. The van der Waals surface area contributed by atoms with E-state index in [0.717, 1.165) is 48.8 Å². The number of nitrogens with zero attached hydrogens (tertiary/aromatic N) is 2. The molecule has 5 rings (SSSR count). The largest absolute Gasteiger partial charge is 0.471 e. The molecule has 3 aromatic rings. The summed E-state index contributed by atoms with van der Waals surface area (Å²) in [6.07, 6.45) is 9.61. The van der Waals surface area contributed by atoms with Gasteiger partial charge < -0.3 is 29.6 Å². The van der Waals surface area contributed by atoms with Crippen LogP contribution in [0, 0.1) is 5.92 Å². The van der Waals surface area contributed by atoms with Crippen LogP contribution in [0.2, 0.25) is 0 Å². The van der Waals surface area contributed by atoms with Gasteiger partial charge in [0.1, 0.15) is 18.5 Å². The average Bonchev–Trinajstić information content (AvgIpc) is 3.45. The van der Waals surface area contributed by atoms with Crippen molar-refractivity contribution in [3.05, 3.63) is 65.7 Å². The van der Waals surface area contributed by atoms with Gasteiger partial charge in [0.25, 0.3) is 0 Å². The molecule has 2 aliphatic rings. The SMILES string of the molecule is COCC(=O)N[C@@H](Cc1cccc(-c2ncco2)c1)[C@@H](O)CN[C@H]1CC2(CCC2)Oc2ncc(CC(C)C)cc21. The molecule has 0 bridgehead atoms. The highest BCUT2D eigenvalue weighted by Crippen LogP contribution is 2.48. The number of methoxy groups -OCH3 is 1. The highest BCUT2D eigenvalue weighted by molar-refractivity contribution is 5.77. The summed E-state index contributed by atoms with van der Waals surface area (Å²) in [6, 6.07) is 9.46. The van der Waals surface area contributed by atoms with Gasteiger partial charge in [-0.25, -0.2) is 9.97 Å². The fraction of sp³-hybridized carbons (Fsp3) is 0.516. The molecule has 9 heteroatoms. The minimum Gasteiger partial charge on any atom is -0.471 e. The van der Waals surface area contributed by atoms with Gasteiger partial charge in [-0.05, 0) is 67.3 Å². The number of aliphatic hydroxyl groups is 1. The van der Waals surface area contributed by atoms with E-state index in [1.54, 1.807) is 6.20 Å². The van der Waals surface area contributed by atoms with E-state index in [1.807, 2.05) is 30.5 Å². The molecular formula is C31H40N4O5. The predicted octanol–water partition coefficient (Wildman–Crippen LogP) is 4.01. The Bertz CT molecular complexity index is 1270. The zero-order valence-corrected chi connectivity index (χ0v) is 23.6. The number of aliphatic hydroxyl groups excluding tert-OH is 1. The van der Waals surface area contributed by atoms with E-state index in [-0.39, 0.29) is 24.2 Å². The molecule has 3 heterocycles. The number of carbonyl (C=O) groups excluding carboxylic acids is 1. The van der Waals surface area contributed by atoms with Crippen molar-refractivity contribution in [3.8, 4) is 17.3 Å². The Morgan fingerprint density at radius 3 is 2.75 bits per heavy atom. The number of carbonyl (C=O) groups is 1. The van der Waals surface area contributed by atoms with Crippen LogP contribution in [-0.2, 0) is 22.4 Å². The van der Waals surface area contributed by atoms with Crippen molar-refractivity contribution in [1.82, 2.24) is 20.6 Å². The molecule has 1 aliphatic heterocycles. The van der Waals surface area contributed by atoms with Crippen LogP contribution >= 0.6 is 0 Å². The molecule has 9 nitrogen and oxygen atoms in total. The van der Waals surface area contributed by atoms with E-state index in [1.165, 1.54) is 18.9 Å². The molecule has 1 aromatic carbocycles. The second kappa shape index (κ2) is 12.5. The first-order valence-electron chi connectivity index (χ1n) is 14.2. The summed E-state index contributed by atoms with van der Waals surface area (Å²) in [6.45, 7) is 4.62. The third-order valence-corrected chi connectivity index (χ3v) is 7.83. The third kappa shape index (κ3) is 6.71. The minimum absolute atomic E-state index is 0.00185.